The number of fused-ring (bicyclic) bond motifs is 11. The number of nitrogens with zero attached hydrogens (tertiary/aromatic N) is 6. The molecule has 1 amide bonds. The Labute approximate surface area is 205 Å². The highest BCUT2D eigenvalue weighted by molar-refractivity contribution is 5.78. The molecule has 2 N–H and O–H groups in total. The third-order valence-corrected chi connectivity index (χ3v) is 6.66. The predicted molar refractivity (Wildman–Crippen MR) is 125 cm³/mol. The van der Waals surface area contributed by atoms with Crippen LogP contribution in [-0.2, 0) is 16.0 Å². The molecule has 3 aromatic rings. The molecule has 0 aliphatic carbocycles. The molecule has 2 atom stereocenters. The minimum absolute atomic E-state index is 0.0441. The van der Waals surface area contributed by atoms with E-state index in [2.05, 4.69) is 16.2 Å². The molecule has 1 fully saturated rings. The molecule has 11 nitrogen and oxygen atoms in total. The lowest BCUT2D eigenvalue weighted by molar-refractivity contribution is -0.565. The molecule has 36 heavy (non-hydrogen) atoms. The number of H-pyrrole nitrogens is 1. The second-order valence-electron chi connectivity index (χ2n) is 8.96. The average Bonchev–Trinajstić information content (AvgIpc) is 3.49. The lowest BCUT2D eigenvalue weighted by Gasteiger charge is -2.21. The van der Waals surface area contributed by atoms with Crippen molar-refractivity contribution in [2.75, 3.05) is 31.3 Å². The number of nitrogens with one attached hydrogen (secondary N) is 1. The van der Waals surface area contributed by atoms with Crippen molar-refractivity contribution in [1.82, 2.24) is 10.1 Å². The van der Waals surface area contributed by atoms with Crippen molar-refractivity contribution in [3.05, 3.63) is 58.4 Å². The van der Waals surface area contributed by atoms with Gasteiger partial charge >= 0.3 is 5.65 Å². The number of ether oxygens (including phenoxy) is 2. The third-order valence-electron chi connectivity index (χ3n) is 6.66. The number of nitriles is 1. The van der Waals surface area contributed by atoms with Crippen LogP contribution in [0.1, 0.15) is 24.0 Å². The Hall–Kier alpha value is -4.14. The summed E-state index contributed by atoms with van der Waals surface area (Å²) < 4.78 is 13.7. The van der Waals surface area contributed by atoms with Gasteiger partial charge in [0.15, 0.2) is 0 Å². The summed E-state index contributed by atoms with van der Waals surface area (Å²) in [6.07, 6.45) is 6.81. The highest BCUT2D eigenvalue weighted by Crippen LogP contribution is 2.28. The van der Waals surface area contributed by atoms with Gasteiger partial charge < -0.3 is 19.5 Å². The first-order valence-electron chi connectivity index (χ1n) is 11.9. The molecule has 6 rings (SSSR count). The number of hydrogen-bond donors (Lipinski definition) is 2. The van der Waals surface area contributed by atoms with Gasteiger partial charge in [0.25, 0.3) is 5.82 Å². The van der Waals surface area contributed by atoms with E-state index in [0.717, 1.165) is 5.56 Å². The van der Waals surface area contributed by atoms with Gasteiger partial charge in [-0.25, -0.2) is 10.1 Å². The van der Waals surface area contributed by atoms with E-state index in [0.29, 0.717) is 78.3 Å². The van der Waals surface area contributed by atoms with Crippen molar-refractivity contribution in [1.29, 1.82) is 5.26 Å². The summed E-state index contributed by atoms with van der Waals surface area (Å²) >= 11 is 0. The predicted octanol–water partition coefficient (Wildman–Crippen LogP) is -0.0314. The molecule has 0 unspecified atom stereocenters. The summed E-state index contributed by atoms with van der Waals surface area (Å²) in [5, 5.41) is 23.9. The van der Waals surface area contributed by atoms with E-state index in [1.54, 1.807) is 16.8 Å². The molecule has 0 saturated carbocycles. The fraction of sp³-hybridized carbons (Fsp3) is 0.360. The van der Waals surface area contributed by atoms with E-state index >= 15 is 0 Å². The Morgan fingerprint density at radius 1 is 1.22 bits per heavy atom. The molecule has 1 aromatic carbocycles. The number of anilines is 1. The SMILES string of the molecule is N#Cc1c[nH][n+]2c3cc(nc12)N1C[C@H](C[C@H]1CO)OC/C=C\COc1cc(cc2c1=NC(=O)CC2)=N3. The Morgan fingerprint density at radius 3 is 2.97 bits per heavy atom. The number of aromatic nitrogens is 3. The van der Waals surface area contributed by atoms with E-state index in [1.165, 1.54) is 0 Å². The van der Waals surface area contributed by atoms with Crippen LogP contribution in [0.3, 0.4) is 0 Å². The first-order valence-corrected chi connectivity index (χ1v) is 11.9. The van der Waals surface area contributed by atoms with Crippen LogP contribution in [0.4, 0.5) is 11.6 Å². The average molecular weight is 487 g/mol. The van der Waals surface area contributed by atoms with Crippen LogP contribution in [0.15, 0.2) is 46.5 Å². The highest BCUT2D eigenvalue weighted by Gasteiger charge is 2.35. The van der Waals surface area contributed by atoms with Crippen LogP contribution in [0, 0.1) is 11.3 Å². The van der Waals surface area contributed by atoms with Gasteiger partial charge in [0.1, 0.15) is 34.7 Å². The second-order valence-corrected chi connectivity index (χ2v) is 8.96. The van der Waals surface area contributed by atoms with Gasteiger partial charge in [-0.05, 0) is 30.5 Å². The zero-order valence-electron chi connectivity index (χ0n) is 19.4. The van der Waals surface area contributed by atoms with Gasteiger partial charge in [-0.3, -0.25) is 4.79 Å². The molecule has 11 heteroatoms. The van der Waals surface area contributed by atoms with Crippen molar-refractivity contribution >= 4 is 23.2 Å². The van der Waals surface area contributed by atoms with Crippen LogP contribution in [0.5, 0.6) is 5.75 Å². The normalized spacial score (nSPS) is 22.2. The second kappa shape index (κ2) is 9.14. The summed E-state index contributed by atoms with van der Waals surface area (Å²) in [6.45, 7) is 1.21. The van der Waals surface area contributed by atoms with Crippen LogP contribution in [0.25, 0.3) is 5.65 Å². The monoisotopic (exact) mass is 486 g/mol. The van der Waals surface area contributed by atoms with E-state index in [4.69, 9.17) is 19.5 Å². The van der Waals surface area contributed by atoms with Gasteiger partial charge in [-0.2, -0.15) is 5.26 Å². The molecule has 5 heterocycles. The zero-order chi connectivity index (χ0) is 24.6. The van der Waals surface area contributed by atoms with E-state index < -0.39 is 0 Å². The topological polar surface area (TPSA) is 140 Å². The number of aromatic amines is 1. The zero-order valence-corrected chi connectivity index (χ0v) is 19.4. The maximum absolute atomic E-state index is 12.0. The fourth-order valence-electron chi connectivity index (χ4n) is 4.90. The summed E-state index contributed by atoms with van der Waals surface area (Å²) in [5.41, 5.74) is 1.71. The minimum Gasteiger partial charge on any atom is -0.487 e. The molecule has 3 aliphatic rings. The Kier molecular flexibility index (Phi) is 5.67. The number of hydrogen-bond acceptors (Lipinski definition) is 8. The number of rotatable bonds is 1. The van der Waals surface area contributed by atoms with Gasteiger partial charge in [-0.1, -0.05) is 11.1 Å². The van der Waals surface area contributed by atoms with Crippen LogP contribution in [0.2, 0.25) is 0 Å². The number of aliphatic hydroxyl groups excluding tert-OH is 1. The summed E-state index contributed by atoms with van der Waals surface area (Å²) in [7, 11) is 0. The maximum Gasteiger partial charge on any atom is 0.306 e. The van der Waals surface area contributed by atoms with Crippen LogP contribution < -0.4 is 24.9 Å². The Balaban J connectivity index is 1.59. The number of aryl methyl sites for hydroxylation is 1. The molecule has 3 aliphatic heterocycles. The van der Waals surface area contributed by atoms with E-state index in [1.807, 2.05) is 29.2 Å². The fourth-order valence-corrected chi connectivity index (χ4v) is 4.90. The van der Waals surface area contributed by atoms with Gasteiger partial charge in [0, 0.05) is 19.0 Å². The molecule has 0 radical (unpaired) electrons. The largest absolute Gasteiger partial charge is 0.487 e. The molecular weight excluding hydrogens is 462 g/mol. The number of aliphatic hydroxyl groups is 1. The maximum atomic E-state index is 12.0. The minimum atomic E-state index is -0.169. The van der Waals surface area contributed by atoms with Crippen LogP contribution in [-0.4, -0.2) is 59.6 Å². The van der Waals surface area contributed by atoms with Crippen molar-refractivity contribution in [3.63, 3.8) is 0 Å². The quantitative estimate of drug-likeness (QED) is 0.364. The molecule has 0 spiro atoms. The molecule has 182 valence electrons. The van der Waals surface area contributed by atoms with Gasteiger partial charge in [0.05, 0.1) is 37.6 Å². The van der Waals surface area contributed by atoms with Gasteiger partial charge in [0.2, 0.25) is 11.7 Å². The summed E-state index contributed by atoms with van der Waals surface area (Å²) in [4.78, 5) is 27.9. The standard InChI is InChI=1S/C25H23N7O4/c26-11-16-12-27-32-22-10-21(29-25(16)32)31-13-19(9-18(31)14-33)35-5-1-2-6-36-20-8-17(28-22)7-15-3-4-23(34)30-24(15)20/h1-2,7-8,10,12,18-19,33H,3-6,9,13-14H2/p+1/b2-1-,28-17?/t18-,19-/m0/s1. The van der Waals surface area contributed by atoms with Gasteiger partial charge in [-0.15, -0.1) is 9.51 Å². The summed E-state index contributed by atoms with van der Waals surface area (Å²) in [5.74, 6) is 1.45. The smallest absolute Gasteiger partial charge is 0.306 e. The number of benzene rings is 1. The molecule has 1 saturated heterocycles. The number of carbonyl (C=O) groups is 1. The van der Waals surface area contributed by atoms with Crippen molar-refractivity contribution in [3.8, 4) is 11.8 Å². The lowest BCUT2D eigenvalue weighted by atomic mass is 10.1. The number of amides is 1. The Morgan fingerprint density at radius 2 is 2.11 bits per heavy atom. The number of carbonyl (C=O) groups excluding carboxylic acids is 1. The van der Waals surface area contributed by atoms with Crippen molar-refractivity contribution in [2.45, 2.75) is 31.4 Å². The molecular formula is C25H24N7O4+. The highest BCUT2D eigenvalue weighted by atomic mass is 16.5. The Bertz CT molecular complexity index is 1560. The van der Waals surface area contributed by atoms with Crippen molar-refractivity contribution < 1.29 is 23.9 Å². The lowest BCUT2D eigenvalue weighted by Crippen LogP contribution is -2.35. The van der Waals surface area contributed by atoms with E-state index in [9.17, 15) is 15.2 Å². The third kappa shape index (κ3) is 4.00. The van der Waals surface area contributed by atoms with Crippen LogP contribution >= 0.6 is 0 Å². The summed E-state index contributed by atoms with van der Waals surface area (Å²) in [6, 6.07) is 7.51. The van der Waals surface area contributed by atoms with E-state index in [-0.39, 0.29) is 24.7 Å². The van der Waals surface area contributed by atoms with Crippen molar-refractivity contribution in [2.24, 2.45) is 9.98 Å². The molecule has 2 aromatic heterocycles. The first-order chi connectivity index (χ1) is 17.6. The molecule has 6 bridgehead atoms. The first kappa shape index (κ1) is 22.3.